The Labute approximate surface area is 206 Å². The van der Waals surface area contributed by atoms with Gasteiger partial charge in [-0.1, -0.05) is 80.1 Å². The lowest BCUT2D eigenvalue weighted by molar-refractivity contribution is -0.384. The first-order valence-electron chi connectivity index (χ1n) is 12.1. The molecule has 0 aliphatic carbocycles. The molecule has 1 heterocycles. The predicted molar refractivity (Wildman–Crippen MR) is 138 cm³/mol. The molecule has 0 unspecified atom stereocenters. The van der Waals surface area contributed by atoms with Crippen LogP contribution < -0.4 is 0 Å². The first kappa shape index (κ1) is 24.4. The SMILES string of the molecule is CCCc1nn(CC)c(COCc2ccccc2)c1Cc1ccc(-c2ccccc2[N+](=O)[O-])cc1. The second-order valence-electron chi connectivity index (χ2n) is 8.56. The number of rotatable bonds is 11. The topological polar surface area (TPSA) is 70.2 Å². The molecule has 6 heteroatoms. The van der Waals surface area contributed by atoms with E-state index < -0.39 is 0 Å². The number of hydrogen-bond donors (Lipinski definition) is 0. The molecule has 0 amide bonds. The largest absolute Gasteiger partial charge is 0.370 e. The summed E-state index contributed by atoms with van der Waals surface area (Å²) >= 11 is 0. The lowest BCUT2D eigenvalue weighted by atomic mass is 9.97. The third-order valence-corrected chi connectivity index (χ3v) is 6.13. The Kier molecular flexibility index (Phi) is 8.06. The molecule has 0 saturated carbocycles. The van der Waals surface area contributed by atoms with Crippen molar-refractivity contribution in [1.82, 2.24) is 9.78 Å². The number of hydrogen-bond acceptors (Lipinski definition) is 4. The fraction of sp³-hybridized carbons (Fsp3) is 0.276. The summed E-state index contributed by atoms with van der Waals surface area (Å²) in [6, 6.07) is 25.1. The Morgan fingerprint density at radius 2 is 1.60 bits per heavy atom. The van der Waals surface area contributed by atoms with Gasteiger partial charge >= 0.3 is 0 Å². The van der Waals surface area contributed by atoms with Gasteiger partial charge in [0.1, 0.15) is 0 Å². The molecule has 35 heavy (non-hydrogen) atoms. The van der Waals surface area contributed by atoms with Crippen LogP contribution >= 0.6 is 0 Å². The lowest BCUT2D eigenvalue weighted by Crippen LogP contribution is -2.07. The Balaban J connectivity index is 1.58. The highest BCUT2D eigenvalue weighted by atomic mass is 16.6. The van der Waals surface area contributed by atoms with Crippen LogP contribution in [0.4, 0.5) is 5.69 Å². The van der Waals surface area contributed by atoms with E-state index in [0.29, 0.717) is 18.8 Å². The van der Waals surface area contributed by atoms with Gasteiger partial charge in [-0.2, -0.15) is 5.10 Å². The number of nitro groups is 1. The van der Waals surface area contributed by atoms with Crippen molar-refractivity contribution in [2.45, 2.75) is 52.9 Å². The van der Waals surface area contributed by atoms with Crippen LogP contribution in [0.5, 0.6) is 0 Å². The summed E-state index contributed by atoms with van der Waals surface area (Å²) in [5.74, 6) is 0. The van der Waals surface area contributed by atoms with Gasteiger partial charge < -0.3 is 4.74 Å². The summed E-state index contributed by atoms with van der Waals surface area (Å²) in [7, 11) is 0. The Hall–Kier alpha value is -3.77. The van der Waals surface area contributed by atoms with Gasteiger partial charge in [0.2, 0.25) is 0 Å². The van der Waals surface area contributed by atoms with Gasteiger partial charge in [-0.3, -0.25) is 14.8 Å². The average molecular weight is 470 g/mol. The minimum atomic E-state index is -0.332. The van der Waals surface area contributed by atoms with Crippen molar-refractivity contribution in [3.63, 3.8) is 0 Å². The van der Waals surface area contributed by atoms with Crippen LogP contribution in [0.15, 0.2) is 78.9 Å². The summed E-state index contributed by atoms with van der Waals surface area (Å²) < 4.78 is 8.17. The Morgan fingerprint density at radius 3 is 2.29 bits per heavy atom. The van der Waals surface area contributed by atoms with E-state index in [1.165, 1.54) is 5.56 Å². The van der Waals surface area contributed by atoms with Crippen molar-refractivity contribution in [1.29, 1.82) is 0 Å². The van der Waals surface area contributed by atoms with Crippen molar-refractivity contribution >= 4 is 5.69 Å². The second kappa shape index (κ2) is 11.6. The van der Waals surface area contributed by atoms with Crippen LogP contribution in [0.25, 0.3) is 11.1 Å². The van der Waals surface area contributed by atoms with Crippen LogP contribution in [-0.2, 0) is 37.3 Å². The summed E-state index contributed by atoms with van der Waals surface area (Å²) in [5, 5.41) is 16.3. The van der Waals surface area contributed by atoms with E-state index in [4.69, 9.17) is 9.84 Å². The highest BCUT2D eigenvalue weighted by Crippen LogP contribution is 2.30. The third-order valence-electron chi connectivity index (χ3n) is 6.13. The number of benzene rings is 3. The van der Waals surface area contributed by atoms with E-state index in [9.17, 15) is 10.1 Å². The van der Waals surface area contributed by atoms with Gasteiger partial charge in [0.15, 0.2) is 0 Å². The van der Waals surface area contributed by atoms with Crippen molar-refractivity contribution in [3.8, 4) is 11.1 Å². The van der Waals surface area contributed by atoms with Gasteiger partial charge in [0.25, 0.3) is 5.69 Å². The molecule has 3 aromatic carbocycles. The fourth-order valence-electron chi connectivity index (χ4n) is 4.38. The molecule has 4 aromatic rings. The molecule has 1 aromatic heterocycles. The van der Waals surface area contributed by atoms with Gasteiger partial charge in [0, 0.05) is 24.6 Å². The molecule has 4 rings (SSSR count). The van der Waals surface area contributed by atoms with Crippen molar-refractivity contribution in [3.05, 3.63) is 117 Å². The molecule has 0 spiro atoms. The number of ether oxygens (including phenoxy) is 1. The average Bonchev–Trinajstić information content (AvgIpc) is 3.21. The zero-order valence-corrected chi connectivity index (χ0v) is 20.3. The molecule has 0 aliphatic heterocycles. The normalized spacial score (nSPS) is 11.0. The molecular formula is C29H31N3O3. The van der Waals surface area contributed by atoms with Crippen LogP contribution in [0.2, 0.25) is 0 Å². The standard InChI is InChI=1S/C29H31N3O3/c1-3-10-27-26(29(31(4-2)30-27)21-35-20-23-11-6-5-7-12-23)19-22-15-17-24(18-16-22)25-13-8-9-14-28(25)32(33)34/h5-9,11-18H,3-4,10,19-21H2,1-2H3. The number of nitrogens with zero attached hydrogens (tertiary/aromatic N) is 3. The van der Waals surface area contributed by atoms with Gasteiger partial charge in [-0.15, -0.1) is 0 Å². The molecule has 0 bridgehead atoms. The minimum Gasteiger partial charge on any atom is -0.370 e. The minimum absolute atomic E-state index is 0.118. The van der Waals surface area contributed by atoms with Crippen LogP contribution in [-0.4, -0.2) is 14.7 Å². The second-order valence-corrected chi connectivity index (χ2v) is 8.56. The van der Waals surface area contributed by atoms with E-state index in [1.54, 1.807) is 18.2 Å². The summed E-state index contributed by atoms with van der Waals surface area (Å²) in [4.78, 5) is 11.1. The number of aromatic nitrogens is 2. The monoisotopic (exact) mass is 469 g/mol. The number of aryl methyl sites for hydroxylation is 2. The van der Waals surface area contributed by atoms with Crippen molar-refractivity contribution in [2.75, 3.05) is 0 Å². The van der Waals surface area contributed by atoms with E-state index >= 15 is 0 Å². The molecule has 0 aliphatic rings. The van der Waals surface area contributed by atoms with Crippen molar-refractivity contribution < 1.29 is 9.66 Å². The van der Waals surface area contributed by atoms with E-state index in [2.05, 4.69) is 42.8 Å². The quantitative estimate of drug-likeness (QED) is 0.180. The summed E-state index contributed by atoms with van der Waals surface area (Å²) in [5.41, 5.74) is 7.34. The summed E-state index contributed by atoms with van der Waals surface area (Å²) in [6.45, 7) is 6.12. The Morgan fingerprint density at radius 1 is 0.886 bits per heavy atom. The molecule has 0 atom stereocenters. The maximum Gasteiger partial charge on any atom is 0.277 e. The van der Waals surface area contributed by atoms with Crippen LogP contribution in [0.1, 0.15) is 48.3 Å². The third kappa shape index (κ3) is 5.84. The zero-order valence-electron chi connectivity index (χ0n) is 20.3. The highest BCUT2D eigenvalue weighted by molar-refractivity contribution is 5.73. The molecular weight excluding hydrogens is 438 g/mol. The summed E-state index contributed by atoms with van der Waals surface area (Å²) in [6.07, 6.45) is 2.69. The van der Waals surface area contributed by atoms with Gasteiger partial charge in [-0.05, 0) is 36.1 Å². The highest BCUT2D eigenvalue weighted by Gasteiger charge is 2.18. The fourth-order valence-corrected chi connectivity index (χ4v) is 4.38. The van der Waals surface area contributed by atoms with E-state index in [1.807, 2.05) is 36.4 Å². The van der Waals surface area contributed by atoms with Gasteiger partial charge in [-0.25, -0.2) is 0 Å². The van der Waals surface area contributed by atoms with Crippen LogP contribution in [0, 0.1) is 10.1 Å². The molecule has 0 saturated heterocycles. The first-order chi connectivity index (χ1) is 17.1. The van der Waals surface area contributed by atoms with Crippen molar-refractivity contribution in [2.24, 2.45) is 0 Å². The first-order valence-corrected chi connectivity index (χ1v) is 12.1. The maximum atomic E-state index is 11.4. The van der Waals surface area contributed by atoms with Gasteiger partial charge in [0.05, 0.1) is 35.1 Å². The lowest BCUT2D eigenvalue weighted by Gasteiger charge is -2.11. The Bertz CT molecular complexity index is 1260. The number of para-hydroxylation sites is 1. The molecule has 0 radical (unpaired) electrons. The predicted octanol–water partition coefficient (Wildman–Crippen LogP) is 6.74. The van der Waals surface area contributed by atoms with Crippen LogP contribution in [0.3, 0.4) is 0 Å². The molecule has 180 valence electrons. The molecule has 0 N–H and O–H groups in total. The zero-order chi connectivity index (χ0) is 24.6. The maximum absolute atomic E-state index is 11.4. The van der Waals surface area contributed by atoms with E-state index in [-0.39, 0.29) is 10.6 Å². The number of nitro benzene ring substituents is 1. The van der Waals surface area contributed by atoms with E-state index in [0.717, 1.165) is 53.9 Å². The molecule has 6 nitrogen and oxygen atoms in total. The molecule has 0 fully saturated rings. The smallest absolute Gasteiger partial charge is 0.277 e.